The van der Waals surface area contributed by atoms with E-state index in [9.17, 15) is 9.59 Å². The quantitative estimate of drug-likeness (QED) is 0.599. The van der Waals surface area contributed by atoms with E-state index in [1.165, 1.54) is 6.92 Å². The minimum Gasteiger partial charge on any atom is -0.493 e. The Balaban J connectivity index is 2.30. The van der Waals surface area contributed by atoms with Crippen LogP contribution < -0.4 is 9.47 Å². The molecule has 1 aliphatic heterocycles. The number of methoxy groups -OCH3 is 1. The highest BCUT2D eigenvalue weighted by Crippen LogP contribution is 2.35. The van der Waals surface area contributed by atoms with E-state index < -0.39 is 17.9 Å². The van der Waals surface area contributed by atoms with E-state index in [0.29, 0.717) is 16.4 Å². The van der Waals surface area contributed by atoms with Crippen LogP contribution in [0.3, 0.4) is 0 Å². The van der Waals surface area contributed by atoms with Crippen molar-refractivity contribution in [1.82, 2.24) is 4.90 Å². The van der Waals surface area contributed by atoms with Gasteiger partial charge in [0.05, 0.1) is 18.1 Å². The Hall–Kier alpha value is -2.06. The minimum atomic E-state index is -1.10. The monoisotopic (exact) mass is 381 g/mol. The number of carbonyl (C=O) groups is 2. The second kappa shape index (κ2) is 7.88. The van der Waals surface area contributed by atoms with Gasteiger partial charge >= 0.3 is 5.97 Å². The lowest BCUT2D eigenvalue weighted by Crippen LogP contribution is -2.41. The van der Waals surface area contributed by atoms with Gasteiger partial charge in [-0.2, -0.15) is 0 Å². The number of carboxylic acid groups (broad SMARTS) is 1. The normalized spacial score (nSPS) is 17.3. The van der Waals surface area contributed by atoms with Crippen LogP contribution in [-0.4, -0.2) is 45.5 Å². The van der Waals surface area contributed by atoms with Crippen LogP contribution in [0.15, 0.2) is 23.1 Å². The van der Waals surface area contributed by atoms with E-state index in [1.54, 1.807) is 31.4 Å². The number of thioether (sulfide) groups is 1. The van der Waals surface area contributed by atoms with Gasteiger partial charge in [-0.1, -0.05) is 30.0 Å². The SMILES string of the molecule is COc1cc(C=C2SC(=S)N(C(C)C(=O)O)C2=O)ccc1OC(C)C. The molecule has 0 radical (unpaired) electrons. The molecule has 1 saturated heterocycles. The number of thiocarbonyl (C=S) groups is 1. The fourth-order valence-electron chi connectivity index (χ4n) is 2.20. The smallest absolute Gasteiger partial charge is 0.326 e. The number of amides is 1. The van der Waals surface area contributed by atoms with Crippen LogP contribution >= 0.6 is 24.0 Å². The van der Waals surface area contributed by atoms with E-state index >= 15 is 0 Å². The molecule has 0 aromatic heterocycles. The molecule has 0 aliphatic carbocycles. The number of ether oxygens (including phenoxy) is 2. The summed E-state index contributed by atoms with van der Waals surface area (Å²) in [5, 5.41) is 9.11. The van der Waals surface area contributed by atoms with Crippen LogP contribution in [0.25, 0.3) is 6.08 Å². The first-order valence-electron chi connectivity index (χ1n) is 7.59. The first kappa shape index (κ1) is 19.3. The maximum absolute atomic E-state index is 12.5. The summed E-state index contributed by atoms with van der Waals surface area (Å²) in [5.74, 6) is -0.348. The summed E-state index contributed by atoms with van der Waals surface area (Å²) in [6, 6.07) is 4.32. The van der Waals surface area contributed by atoms with E-state index in [0.717, 1.165) is 22.2 Å². The Labute approximate surface area is 155 Å². The summed E-state index contributed by atoms with van der Waals surface area (Å²) in [4.78, 5) is 25.1. The number of benzene rings is 1. The molecule has 1 atom stereocenters. The van der Waals surface area contributed by atoms with Crippen molar-refractivity contribution in [3.05, 3.63) is 28.7 Å². The van der Waals surface area contributed by atoms with Gasteiger partial charge in [0.15, 0.2) is 11.5 Å². The summed E-state index contributed by atoms with van der Waals surface area (Å²) >= 11 is 6.23. The standard InChI is InChI=1S/C17H19NO5S2/c1-9(2)23-12-6-5-11(7-13(12)22-4)8-14-15(19)18(17(24)25-14)10(3)16(20)21/h5-10H,1-4H3,(H,20,21). The molecule has 1 amide bonds. The summed E-state index contributed by atoms with van der Waals surface area (Å²) in [6.07, 6.45) is 1.67. The predicted octanol–water partition coefficient (Wildman–Crippen LogP) is 3.16. The molecule has 1 unspecified atom stereocenters. The zero-order chi connectivity index (χ0) is 18.7. The molecule has 25 heavy (non-hydrogen) atoms. The van der Waals surface area contributed by atoms with Crippen molar-refractivity contribution in [2.45, 2.75) is 32.9 Å². The highest BCUT2D eigenvalue weighted by atomic mass is 32.2. The van der Waals surface area contributed by atoms with Crippen LogP contribution in [0.2, 0.25) is 0 Å². The lowest BCUT2D eigenvalue weighted by Gasteiger charge is -2.18. The largest absolute Gasteiger partial charge is 0.493 e. The van der Waals surface area contributed by atoms with Gasteiger partial charge in [-0.15, -0.1) is 0 Å². The summed E-state index contributed by atoms with van der Waals surface area (Å²) in [5.41, 5.74) is 0.733. The predicted molar refractivity (Wildman–Crippen MR) is 101 cm³/mol. The molecule has 1 fully saturated rings. The van der Waals surface area contributed by atoms with Crippen molar-refractivity contribution in [1.29, 1.82) is 0 Å². The highest BCUT2D eigenvalue weighted by molar-refractivity contribution is 8.26. The van der Waals surface area contributed by atoms with Gasteiger partial charge < -0.3 is 14.6 Å². The van der Waals surface area contributed by atoms with Crippen LogP contribution in [-0.2, 0) is 9.59 Å². The van der Waals surface area contributed by atoms with Crippen molar-refractivity contribution in [3.63, 3.8) is 0 Å². The van der Waals surface area contributed by atoms with E-state index in [1.807, 2.05) is 13.8 Å². The zero-order valence-corrected chi connectivity index (χ0v) is 15.9. The molecular formula is C17H19NO5S2. The molecule has 1 aromatic carbocycles. The van der Waals surface area contributed by atoms with Gasteiger partial charge in [0.1, 0.15) is 10.4 Å². The van der Waals surface area contributed by atoms with Crippen LogP contribution in [0.4, 0.5) is 0 Å². The van der Waals surface area contributed by atoms with Gasteiger partial charge in [0.25, 0.3) is 5.91 Å². The van der Waals surface area contributed by atoms with Crippen LogP contribution in [0, 0.1) is 0 Å². The lowest BCUT2D eigenvalue weighted by atomic mass is 10.1. The Bertz CT molecular complexity index is 745. The molecule has 0 spiro atoms. The number of aliphatic carboxylic acids is 1. The Morgan fingerprint density at radius 1 is 1.32 bits per heavy atom. The maximum atomic E-state index is 12.5. The summed E-state index contributed by atoms with van der Waals surface area (Å²) < 4.78 is 11.2. The number of rotatable bonds is 6. The third kappa shape index (κ3) is 4.32. The van der Waals surface area contributed by atoms with E-state index in [4.69, 9.17) is 26.8 Å². The van der Waals surface area contributed by atoms with Gasteiger partial charge in [-0.25, -0.2) is 4.79 Å². The maximum Gasteiger partial charge on any atom is 0.326 e. The molecule has 6 nitrogen and oxygen atoms in total. The molecule has 0 saturated carbocycles. The number of hydrogen-bond acceptors (Lipinski definition) is 6. The van der Waals surface area contributed by atoms with E-state index in [2.05, 4.69) is 0 Å². The first-order valence-corrected chi connectivity index (χ1v) is 8.81. The zero-order valence-electron chi connectivity index (χ0n) is 14.3. The second-order valence-corrected chi connectivity index (χ2v) is 7.32. The molecule has 8 heteroatoms. The second-order valence-electron chi connectivity index (χ2n) is 5.64. The Morgan fingerprint density at radius 3 is 2.56 bits per heavy atom. The number of carboxylic acids is 1. The number of nitrogens with zero attached hydrogens (tertiary/aromatic N) is 1. The van der Waals surface area contributed by atoms with Gasteiger partial charge in [0, 0.05) is 0 Å². The third-order valence-corrected chi connectivity index (χ3v) is 4.75. The molecule has 1 aliphatic rings. The van der Waals surface area contributed by atoms with Crippen LogP contribution in [0.5, 0.6) is 11.5 Å². The lowest BCUT2D eigenvalue weighted by molar-refractivity contribution is -0.144. The molecule has 1 N–H and O–H groups in total. The average Bonchev–Trinajstić information content (AvgIpc) is 2.81. The van der Waals surface area contributed by atoms with Crippen molar-refractivity contribution >= 4 is 46.3 Å². The molecule has 0 bridgehead atoms. The highest BCUT2D eigenvalue weighted by Gasteiger charge is 2.38. The minimum absolute atomic E-state index is 0.00788. The summed E-state index contributed by atoms with van der Waals surface area (Å²) in [7, 11) is 1.54. The van der Waals surface area contributed by atoms with Crippen molar-refractivity contribution in [2.75, 3.05) is 7.11 Å². The van der Waals surface area contributed by atoms with Crippen molar-refractivity contribution < 1.29 is 24.2 Å². The van der Waals surface area contributed by atoms with Crippen molar-refractivity contribution in [2.24, 2.45) is 0 Å². The first-order chi connectivity index (χ1) is 11.7. The topological polar surface area (TPSA) is 76.1 Å². The van der Waals surface area contributed by atoms with Gasteiger partial charge in [0.2, 0.25) is 0 Å². The molecular weight excluding hydrogens is 362 g/mol. The number of carbonyl (C=O) groups excluding carboxylic acids is 1. The molecule has 1 heterocycles. The Kier molecular flexibility index (Phi) is 6.07. The van der Waals surface area contributed by atoms with Crippen LogP contribution in [0.1, 0.15) is 26.3 Å². The Morgan fingerprint density at radius 2 is 2.00 bits per heavy atom. The fraction of sp³-hybridized carbons (Fsp3) is 0.353. The molecule has 1 aromatic rings. The van der Waals surface area contributed by atoms with Gasteiger partial charge in [-0.05, 0) is 44.5 Å². The van der Waals surface area contributed by atoms with Gasteiger partial charge in [-0.3, -0.25) is 9.69 Å². The molecule has 2 rings (SSSR count). The molecule has 134 valence electrons. The third-order valence-electron chi connectivity index (χ3n) is 3.42. The van der Waals surface area contributed by atoms with Crippen molar-refractivity contribution in [3.8, 4) is 11.5 Å². The van der Waals surface area contributed by atoms with E-state index in [-0.39, 0.29) is 10.4 Å². The summed E-state index contributed by atoms with van der Waals surface area (Å²) in [6.45, 7) is 5.27. The average molecular weight is 381 g/mol. The fourth-order valence-corrected chi connectivity index (χ4v) is 3.62. The number of hydrogen-bond donors (Lipinski definition) is 1.